The van der Waals surface area contributed by atoms with E-state index in [2.05, 4.69) is 10.4 Å². The van der Waals surface area contributed by atoms with Crippen molar-refractivity contribution in [1.29, 1.82) is 0 Å². The number of fused-ring (bicyclic) bond motifs is 1. The lowest BCUT2D eigenvalue weighted by atomic mass is 10.2. The van der Waals surface area contributed by atoms with E-state index >= 15 is 0 Å². The molecule has 0 aliphatic heterocycles. The summed E-state index contributed by atoms with van der Waals surface area (Å²) in [5, 5.41) is 0.813. The van der Waals surface area contributed by atoms with Crippen molar-refractivity contribution in [3.63, 3.8) is 0 Å². The van der Waals surface area contributed by atoms with Crippen molar-refractivity contribution >= 4 is 16.9 Å². The van der Waals surface area contributed by atoms with Crippen LogP contribution in [0.1, 0.15) is 12.5 Å². The smallest absolute Gasteiger partial charge is 0.274 e. The first-order valence-corrected chi connectivity index (χ1v) is 4.84. The molecule has 2 aromatic heterocycles. The molecule has 0 saturated heterocycles. The minimum absolute atomic E-state index is 0.263. The number of carbonyl (C=O) groups is 1. The van der Waals surface area contributed by atoms with Gasteiger partial charge in [0.05, 0.1) is 0 Å². The third kappa shape index (κ3) is 1.67. The lowest BCUT2D eigenvalue weighted by Crippen LogP contribution is -2.33. The molecule has 2 heterocycles. The lowest BCUT2D eigenvalue weighted by molar-refractivity contribution is -0.115. The van der Waals surface area contributed by atoms with Crippen LogP contribution >= 0.6 is 0 Å². The van der Waals surface area contributed by atoms with Crippen LogP contribution in [0.5, 0.6) is 0 Å². The van der Waals surface area contributed by atoms with E-state index in [4.69, 9.17) is 0 Å². The van der Waals surface area contributed by atoms with Crippen molar-refractivity contribution in [2.45, 2.75) is 13.8 Å². The van der Waals surface area contributed by atoms with Crippen LogP contribution in [0.4, 0.5) is 0 Å². The van der Waals surface area contributed by atoms with Gasteiger partial charge in [0, 0.05) is 24.1 Å². The van der Waals surface area contributed by atoms with Crippen LogP contribution in [-0.4, -0.2) is 15.6 Å². The van der Waals surface area contributed by atoms with Gasteiger partial charge in [0.15, 0.2) is 5.65 Å². The van der Waals surface area contributed by atoms with Gasteiger partial charge in [0.25, 0.3) is 5.56 Å². The SMILES string of the molecule is CC(=O)Nn1c(=O)c(C)cc2cccnc21. The number of hydrogen-bond acceptors (Lipinski definition) is 3. The molecule has 1 N–H and O–H groups in total. The van der Waals surface area contributed by atoms with Crippen molar-refractivity contribution in [2.75, 3.05) is 5.43 Å². The van der Waals surface area contributed by atoms with Gasteiger partial charge in [-0.1, -0.05) is 0 Å². The van der Waals surface area contributed by atoms with Gasteiger partial charge < -0.3 is 0 Å². The second-order valence-electron chi connectivity index (χ2n) is 3.55. The number of nitrogens with one attached hydrogen (secondary N) is 1. The van der Waals surface area contributed by atoms with Crippen molar-refractivity contribution in [2.24, 2.45) is 0 Å². The quantitative estimate of drug-likeness (QED) is 0.768. The van der Waals surface area contributed by atoms with Gasteiger partial charge >= 0.3 is 0 Å². The van der Waals surface area contributed by atoms with Gasteiger partial charge in [-0.15, -0.1) is 0 Å². The van der Waals surface area contributed by atoms with Crippen LogP contribution in [-0.2, 0) is 4.79 Å². The molecular weight excluding hydrogens is 206 g/mol. The van der Waals surface area contributed by atoms with Crippen molar-refractivity contribution in [1.82, 2.24) is 9.66 Å². The van der Waals surface area contributed by atoms with E-state index in [-0.39, 0.29) is 11.5 Å². The Labute approximate surface area is 91.7 Å². The second kappa shape index (κ2) is 3.77. The summed E-state index contributed by atoms with van der Waals surface area (Å²) in [7, 11) is 0. The van der Waals surface area contributed by atoms with E-state index in [1.54, 1.807) is 25.3 Å². The number of nitrogens with zero attached hydrogens (tertiary/aromatic N) is 2. The molecule has 82 valence electrons. The monoisotopic (exact) mass is 217 g/mol. The Balaban J connectivity index is 2.81. The van der Waals surface area contributed by atoms with Crippen LogP contribution in [0, 0.1) is 6.92 Å². The average molecular weight is 217 g/mol. The van der Waals surface area contributed by atoms with Crippen LogP contribution in [0.15, 0.2) is 29.2 Å². The van der Waals surface area contributed by atoms with Crippen molar-refractivity contribution < 1.29 is 4.79 Å². The molecular formula is C11H11N3O2. The standard InChI is InChI=1S/C11H11N3O2/c1-7-6-9-4-3-5-12-10(9)14(11(7)16)13-8(2)15/h3-6H,1-2H3,(H,13,15). The predicted molar refractivity (Wildman–Crippen MR) is 60.8 cm³/mol. The molecule has 2 aromatic rings. The molecule has 0 radical (unpaired) electrons. The Kier molecular flexibility index (Phi) is 2.44. The van der Waals surface area contributed by atoms with E-state index in [1.807, 2.05) is 6.07 Å². The fourth-order valence-electron chi connectivity index (χ4n) is 1.54. The molecule has 0 unspecified atom stereocenters. The summed E-state index contributed by atoms with van der Waals surface area (Å²) in [6.07, 6.45) is 1.58. The molecule has 0 aliphatic carbocycles. The zero-order valence-corrected chi connectivity index (χ0v) is 9.02. The lowest BCUT2D eigenvalue weighted by Gasteiger charge is -2.09. The minimum Gasteiger partial charge on any atom is -0.274 e. The molecule has 0 fully saturated rings. The Morgan fingerprint density at radius 1 is 1.50 bits per heavy atom. The summed E-state index contributed by atoms with van der Waals surface area (Å²) >= 11 is 0. The summed E-state index contributed by atoms with van der Waals surface area (Å²) in [6.45, 7) is 3.05. The average Bonchev–Trinajstić information content (AvgIpc) is 2.24. The maximum Gasteiger partial charge on any atom is 0.274 e. The first-order valence-electron chi connectivity index (χ1n) is 4.84. The van der Waals surface area contributed by atoms with Crippen molar-refractivity contribution in [3.8, 4) is 0 Å². The molecule has 16 heavy (non-hydrogen) atoms. The third-order valence-electron chi connectivity index (χ3n) is 2.21. The van der Waals surface area contributed by atoms with E-state index in [0.29, 0.717) is 11.2 Å². The summed E-state index contributed by atoms with van der Waals surface area (Å²) in [5.74, 6) is -0.306. The zero-order chi connectivity index (χ0) is 11.7. The highest BCUT2D eigenvalue weighted by atomic mass is 16.2. The maximum absolute atomic E-state index is 11.8. The summed E-state index contributed by atoms with van der Waals surface area (Å²) in [6, 6.07) is 5.38. The number of pyridine rings is 2. The molecule has 0 bridgehead atoms. The van der Waals surface area contributed by atoms with E-state index in [1.165, 1.54) is 11.6 Å². The Morgan fingerprint density at radius 3 is 2.94 bits per heavy atom. The highest BCUT2D eigenvalue weighted by molar-refractivity contribution is 5.84. The molecule has 0 aliphatic rings. The molecule has 5 nitrogen and oxygen atoms in total. The van der Waals surface area contributed by atoms with Crippen LogP contribution < -0.4 is 11.0 Å². The van der Waals surface area contributed by atoms with Gasteiger partial charge in [-0.25, -0.2) is 4.98 Å². The topological polar surface area (TPSA) is 64.0 Å². The predicted octanol–water partition coefficient (Wildman–Crippen LogP) is 0.795. The van der Waals surface area contributed by atoms with E-state index in [9.17, 15) is 9.59 Å². The highest BCUT2D eigenvalue weighted by Crippen LogP contribution is 2.08. The molecule has 0 spiro atoms. The van der Waals surface area contributed by atoms with Gasteiger partial charge in [-0.3, -0.25) is 15.0 Å². The fraction of sp³-hybridized carbons (Fsp3) is 0.182. The number of amides is 1. The van der Waals surface area contributed by atoms with Crippen molar-refractivity contribution in [3.05, 3.63) is 40.3 Å². The Hall–Kier alpha value is -2.17. The van der Waals surface area contributed by atoms with E-state index < -0.39 is 0 Å². The van der Waals surface area contributed by atoms with Crippen LogP contribution in [0.2, 0.25) is 0 Å². The Morgan fingerprint density at radius 2 is 2.25 bits per heavy atom. The van der Waals surface area contributed by atoms with E-state index in [0.717, 1.165) is 5.39 Å². The summed E-state index contributed by atoms with van der Waals surface area (Å²) in [5.41, 5.74) is 3.21. The van der Waals surface area contributed by atoms with Crippen LogP contribution in [0.25, 0.3) is 11.0 Å². The summed E-state index contributed by atoms with van der Waals surface area (Å²) in [4.78, 5) is 26.9. The first-order chi connectivity index (χ1) is 7.59. The van der Waals surface area contributed by atoms with Gasteiger partial charge in [0.1, 0.15) is 0 Å². The molecule has 0 aromatic carbocycles. The zero-order valence-electron chi connectivity index (χ0n) is 9.02. The number of carbonyl (C=O) groups excluding carboxylic acids is 1. The maximum atomic E-state index is 11.8. The number of aryl methyl sites for hydroxylation is 1. The number of aromatic nitrogens is 2. The highest BCUT2D eigenvalue weighted by Gasteiger charge is 2.07. The second-order valence-corrected chi connectivity index (χ2v) is 3.55. The normalized spacial score (nSPS) is 10.4. The molecule has 5 heteroatoms. The Bertz CT molecular complexity index is 616. The van der Waals surface area contributed by atoms with Gasteiger partial charge in [-0.2, -0.15) is 4.68 Å². The minimum atomic E-state index is -0.306. The summed E-state index contributed by atoms with van der Waals surface area (Å²) < 4.78 is 1.17. The largest absolute Gasteiger partial charge is 0.274 e. The number of hydrogen-bond donors (Lipinski definition) is 1. The van der Waals surface area contributed by atoms with Crippen LogP contribution in [0.3, 0.4) is 0 Å². The molecule has 2 rings (SSSR count). The molecule has 1 amide bonds. The number of rotatable bonds is 1. The van der Waals surface area contributed by atoms with Gasteiger partial charge in [0.2, 0.25) is 5.91 Å². The molecule has 0 saturated carbocycles. The fourth-order valence-corrected chi connectivity index (χ4v) is 1.54. The molecule has 0 atom stereocenters. The third-order valence-corrected chi connectivity index (χ3v) is 2.21. The van der Waals surface area contributed by atoms with Gasteiger partial charge in [-0.05, 0) is 25.1 Å². The first kappa shape index (κ1) is 10.4.